The average Bonchev–Trinajstić information content (AvgIpc) is 2.43. The summed E-state index contributed by atoms with van der Waals surface area (Å²) in [5.41, 5.74) is 5.14. The maximum atomic E-state index is 11.8. The number of rotatable bonds is 8. The van der Waals surface area contributed by atoms with Crippen molar-refractivity contribution in [1.82, 2.24) is 15.1 Å². The molecule has 118 valence electrons. The first-order valence-electron chi connectivity index (χ1n) is 7.82. The van der Waals surface area contributed by atoms with E-state index in [9.17, 15) is 4.79 Å². The van der Waals surface area contributed by atoms with Gasteiger partial charge in [0.15, 0.2) is 0 Å². The molecule has 20 heavy (non-hydrogen) atoms. The zero-order valence-electron chi connectivity index (χ0n) is 13.6. The van der Waals surface area contributed by atoms with E-state index in [0.717, 1.165) is 45.3 Å². The van der Waals surface area contributed by atoms with E-state index >= 15 is 0 Å². The lowest BCUT2D eigenvalue weighted by atomic mass is 9.78. The smallest absolute Gasteiger partial charge is 0.237 e. The van der Waals surface area contributed by atoms with Crippen molar-refractivity contribution >= 4 is 5.91 Å². The van der Waals surface area contributed by atoms with Gasteiger partial charge in [0.1, 0.15) is 0 Å². The third-order valence-corrected chi connectivity index (χ3v) is 4.54. The van der Waals surface area contributed by atoms with E-state index in [1.807, 2.05) is 7.05 Å². The van der Waals surface area contributed by atoms with Gasteiger partial charge < -0.3 is 16.0 Å². The molecule has 0 aliphatic heterocycles. The molecule has 1 aliphatic carbocycles. The summed E-state index contributed by atoms with van der Waals surface area (Å²) in [6, 6.07) is 0.462. The molecule has 1 rings (SSSR count). The molecule has 1 fully saturated rings. The normalized spacial score (nSPS) is 27.2. The van der Waals surface area contributed by atoms with E-state index in [-0.39, 0.29) is 5.91 Å². The molecule has 0 aromatic carbocycles. The van der Waals surface area contributed by atoms with Crippen LogP contribution in [0.5, 0.6) is 0 Å². The first-order chi connectivity index (χ1) is 9.45. The van der Waals surface area contributed by atoms with Crippen molar-refractivity contribution in [3.05, 3.63) is 0 Å². The van der Waals surface area contributed by atoms with Gasteiger partial charge in [-0.1, -0.05) is 6.92 Å². The van der Waals surface area contributed by atoms with E-state index in [0.29, 0.717) is 6.04 Å². The van der Waals surface area contributed by atoms with Gasteiger partial charge in [-0.3, -0.25) is 9.69 Å². The lowest BCUT2D eigenvalue weighted by molar-refractivity contribution is -0.126. The standard InChI is InChI=1S/C15H32N4O/c1-5-9-19(11-10-18(3)4)13-7-6-8-15(12-13,17-2)14(16)20/h13,17H,5-12H2,1-4H3,(H2,16,20). The van der Waals surface area contributed by atoms with Gasteiger partial charge in [-0.25, -0.2) is 0 Å². The third kappa shape index (κ3) is 4.43. The van der Waals surface area contributed by atoms with Crippen LogP contribution in [-0.2, 0) is 4.79 Å². The number of amides is 1. The van der Waals surface area contributed by atoms with Crippen LogP contribution in [0.2, 0.25) is 0 Å². The largest absolute Gasteiger partial charge is 0.368 e. The second-order valence-corrected chi connectivity index (χ2v) is 6.29. The molecule has 0 heterocycles. The number of hydrogen-bond acceptors (Lipinski definition) is 4. The topological polar surface area (TPSA) is 61.6 Å². The fraction of sp³-hybridized carbons (Fsp3) is 0.933. The fourth-order valence-corrected chi connectivity index (χ4v) is 3.22. The zero-order chi connectivity index (χ0) is 15.2. The number of nitrogens with zero attached hydrogens (tertiary/aromatic N) is 2. The summed E-state index contributed by atoms with van der Waals surface area (Å²) in [4.78, 5) is 16.6. The Kier molecular flexibility index (Phi) is 6.92. The number of likely N-dealkylation sites (N-methyl/N-ethyl adjacent to an activating group) is 2. The van der Waals surface area contributed by atoms with Crippen molar-refractivity contribution in [2.24, 2.45) is 5.73 Å². The Labute approximate surface area is 123 Å². The lowest BCUT2D eigenvalue weighted by Crippen LogP contribution is -2.60. The fourth-order valence-electron chi connectivity index (χ4n) is 3.22. The highest BCUT2D eigenvalue weighted by Crippen LogP contribution is 2.31. The van der Waals surface area contributed by atoms with Gasteiger partial charge in [-0.15, -0.1) is 0 Å². The molecule has 2 atom stereocenters. The summed E-state index contributed by atoms with van der Waals surface area (Å²) >= 11 is 0. The molecule has 0 bridgehead atoms. The molecule has 1 saturated carbocycles. The minimum atomic E-state index is -0.507. The van der Waals surface area contributed by atoms with Crippen molar-refractivity contribution in [2.75, 3.05) is 40.8 Å². The first kappa shape index (κ1) is 17.4. The van der Waals surface area contributed by atoms with Crippen LogP contribution in [0.4, 0.5) is 0 Å². The van der Waals surface area contributed by atoms with E-state index < -0.39 is 5.54 Å². The second-order valence-electron chi connectivity index (χ2n) is 6.29. The lowest BCUT2D eigenvalue weighted by Gasteiger charge is -2.43. The Morgan fingerprint density at radius 1 is 1.35 bits per heavy atom. The van der Waals surface area contributed by atoms with E-state index in [1.54, 1.807) is 0 Å². The summed E-state index contributed by atoms with van der Waals surface area (Å²) < 4.78 is 0. The highest BCUT2D eigenvalue weighted by molar-refractivity contribution is 5.84. The predicted molar refractivity (Wildman–Crippen MR) is 83.7 cm³/mol. The number of nitrogens with two attached hydrogens (primary N) is 1. The number of nitrogens with one attached hydrogen (secondary N) is 1. The van der Waals surface area contributed by atoms with E-state index in [2.05, 4.69) is 36.1 Å². The monoisotopic (exact) mass is 284 g/mol. The van der Waals surface area contributed by atoms with Crippen LogP contribution in [0.1, 0.15) is 39.0 Å². The Bertz CT molecular complexity index is 308. The van der Waals surface area contributed by atoms with Gasteiger partial charge in [-0.05, 0) is 59.8 Å². The number of carbonyl (C=O) groups is 1. The van der Waals surface area contributed by atoms with Gasteiger partial charge in [-0.2, -0.15) is 0 Å². The minimum absolute atomic E-state index is 0.200. The van der Waals surface area contributed by atoms with Crippen molar-refractivity contribution in [1.29, 1.82) is 0 Å². The molecule has 0 aromatic rings. The van der Waals surface area contributed by atoms with Crippen LogP contribution >= 0.6 is 0 Å². The molecule has 0 radical (unpaired) electrons. The first-order valence-corrected chi connectivity index (χ1v) is 7.82. The summed E-state index contributed by atoms with van der Waals surface area (Å²) in [5, 5.41) is 3.20. The highest BCUT2D eigenvalue weighted by Gasteiger charge is 2.41. The Morgan fingerprint density at radius 3 is 2.55 bits per heavy atom. The Hall–Kier alpha value is -0.650. The quantitative estimate of drug-likeness (QED) is 0.687. The molecular formula is C15H32N4O. The maximum absolute atomic E-state index is 11.8. The molecular weight excluding hydrogens is 252 g/mol. The van der Waals surface area contributed by atoms with Crippen LogP contribution < -0.4 is 11.1 Å². The van der Waals surface area contributed by atoms with Crippen LogP contribution in [-0.4, -0.2) is 68.1 Å². The Balaban J connectivity index is 2.72. The predicted octanol–water partition coefficient (Wildman–Crippen LogP) is 0.646. The minimum Gasteiger partial charge on any atom is -0.368 e. The molecule has 3 N–H and O–H groups in total. The van der Waals surface area contributed by atoms with Gasteiger partial charge >= 0.3 is 0 Å². The van der Waals surface area contributed by atoms with E-state index in [1.165, 1.54) is 6.42 Å². The van der Waals surface area contributed by atoms with Crippen molar-refractivity contribution in [3.8, 4) is 0 Å². The summed E-state index contributed by atoms with van der Waals surface area (Å²) in [5.74, 6) is -0.200. The van der Waals surface area contributed by atoms with Crippen molar-refractivity contribution in [3.63, 3.8) is 0 Å². The summed E-state index contributed by atoms with van der Waals surface area (Å²) in [6.07, 6.45) is 5.09. The number of carbonyl (C=O) groups excluding carboxylic acids is 1. The molecule has 5 nitrogen and oxygen atoms in total. The zero-order valence-corrected chi connectivity index (χ0v) is 13.6. The van der Waals surface area contributed by atoms with Crippen LogP contribution in [0.15, 0.2) is 0 Å². The molecule has 5 heteroatoms. The van der Waals surface area contributed by atoms with Crippen molar-refractivity contribution < 1.29 is 4.79 Å². The molecule has 0 saturated heterocycles. The van der Waals surface area contributed by atoms with Crippen LogP contribution in [0.3, 0.4) is 0 Å². The SMILES string of the molecule is CCCN(CCN(C)C)C1CCCC(NC)(C(N)=O)C1. The van der Waals surface area contributed by atoms with Crippen LogP contribution in [0, 0.1) is 0 Å². The molecule has 0 spiro atoms. The molecule has 0 aromatic heterocycles. The molecule has 2 unspecified atom stereocenters. The number of primary amides is 1. The van der Waals surface area contributed by atoms with E-state index in [4.69, 9.17) is 5.73 Å². The van der Waals surface area contributed by atoms with Gasteiger partial charge in [0.2, 0.25) is 5.91 Å². The molecule has 1 aliphatic rings. The van der Waals surface area contributed by atoms with Gasteiger partial charge in [0.05, 0.1) is 5.54 Å². The second kappa shape index (κ2) is 7.96. The summed E-state index contributed by atoms with van der Waals surface area (Å²) in [6.45, 7) is 5.42. The third-order valence-electron chi connectivity index (χ3n) is 4.54. The molecule has 1 amide bonds. The highest BCUT2D eigenvalue weighted by atomic mass is 16.1. The summed E-state index contributed by atoms with van der Waals surface area (Å²) in [7, 11) is 6.07. The van der Waals surface area contributed by atoms with Crippen LogP contribution in [0.25, 0.3) is 0 Å². The van der Waals surface area contributed by atoms with Gasteiger partial charge in [0.25, 0.3) is 0 Å². The van der Waals surface area contributed by atoms with Gasteiger partial charge in [0, 0.05) is 19.1 Å². The maximum Gasteiger partial charge on any atom is 0.237 e. The number of hydrogen-bond donors (Lipinski definition) is 2. The Morgan fingerprint density at radius 2 is 2.05 bits per heavy atom. The van der Waals surface area contributed by atoms with Crippen molar-refractivity contribution in [2.45, 2.75) is 50.6 Å². The average molecular weight is 284 g/mol.